The molecule has 1 rings (SSSR count). The molecular weight excluding hydrogens is 282 g/mol. The minimum atomic E-state index is -0.412. The number of carbonyl (C=O) groups is 2. The summed E-state index contributed by atoms with van der Waals surface area (Å²) in [5.74, 6) is -0.583. The Labute approximate surface area is 132 Å². The van der Waals surface area contributed by atoms with E-state index in [1.54, 1.807) is 0 Å². The van der Waals surface area contributed by atoms with E-state index in [1.165, 1.54) is 7.11 Å². The molecule has 0 radical (unpaired) electrons. The average Bonchev–Trinajstić information content (AvgIpc) is 2.31. The third-order valence-corrected chi connectivity index (χ3v) is 3.41. The number of ketones is 1. The van der Waals surface area contributed by atoms with Crippen molar-refractivity contribution >= 4 is 17.5 Å². The van der Waals surface area contributed by atoms with Crippen LogP contribution in [-0.2, 0) is 14.3 Å². The van der Waals surface area contributed by atoms with E-state index in [4.69, 9.17) is 0 Å². The summed E-state index contributed by atoms with van der Waals surface area (Å²) in [6.07, 6.45) is 1.14. The molecule has 0 amide bonds. The number of nitrogens with zero attached hydrogens (tertiary/aromatic N) is 1. The lowest BCUT2D eigenvalue weighted by Gasteiger charge is -2.32. The highest BCUT2D eigenvalue weighted by Crippen LogP contribution is 2.36. The molecule has 1 aliphatic rings. The van der Waals surface area contributed by atoms with E-state index < -0.39 is 5.97 Å². The van der Waals surface area contributed by atoms with Crippen molar-refractivity contribution in [3.63, 3.8) is 0 Å². The molecule has 0 bridgehead atoms. The predicted molar refractivity (Wildman–Crippen MR) is 86.1 cm³/mol. The topological polar surface area (TPSA) is 76.0 Å². The lowest BCUT2D eigenvalue weighted by Crippen LogP contribution is -2.34. The molecule has 0 aromatic carbocycles. The first-order valence-electron chi connectivity index (χ1n) is 7.56. The van der Waals surface area contributed by atoms with Crippen molar-refractivity contribution in [3.8, 4) is 0 Å². The van der Waals surface area contributed by atoms with Gasteiger partial charge in [0, 0.05) is 12.8 Å². The summed E-state index contributed by atoms with van der Waals surface area (Å²) in [6.45, 7) is 9.90. The molecular formula is C17H27NO4. The monoisotopic (exact) mass is 309 g/mol. The Kier molecular flexibility index (Phi) is 5.54. The zero-order valence-electron chi connectivity index (χ0n) is 14.4. The van der Waals surface area contributed by atoms with Crippen LogP contribution in [0.15, 0.2) is 16.3 Å². The molecule has 5 nitrogen and oxygen atoms in total. The Morgan fingerprint density at radius 2 is 1.86 bits per heavy atom. The van der Waals surface area contributed by atoms with Gasteiger partial charge in [-0.05, 0) is 32.6 Å². The van der Waals surface area contributed by atoms with Crippen molar-refractivity contribution in [2.45, 2.75) is 65.8 Å². The molecule has 0 heterocycles. The van der Waals surface area contributed by atoms with Crippen molar-refractivity contribution in [1.82, 2.24) is 0 Å². The third kappa shape index (κ3) is 5.28. The van der Waals surface area contributed by atoms with Crippen LogP contribution in [0.3, 0.4) is 0 Å². The van der Waals surface area contributed by atoms with Gasteiger partial charge in [-0.25, -0.2) is 0 Å². The molecule has 0 saturated heterocycles. The van der Waals surface area contributed by atoms with Gasteiger partial charge in [-0.3, -0.25) is 14.6 Å². The van der Waals surface area contributed by atoms with Crippen LogP contribution in [-0.4, -0.2) is 35.2 Å². The Hall–Kier alpha value is -1.65. The fraction of sp³-hybridized carbons (Fsp3) is 0.706. The molecule has 1 N–H and O–H groups in total. The number of aliphatic hydroxyl groups excluding tert-OH is 1. The molecule has 124 valence electrons. The number of rotatable bonds is 3. The van der Waals surface area contributed by atoms with E-state index >= 15 is 0 Å². The minimum absolute atomic E-state index is 0.0469. The molecule has 0 aromatic heterocycles. The van der Waals surface area contributed by atoms with Crippen LogP contribution in [0.1, 0.15) is 60.3 Å². The number of aliphatic imine (C=N–C) groups is 1. The first-order chi connectivity index (χ1) is 9.95. The number of hydrogen-bond acceptors (Lipinski definition) is 5. The lowest BCUT2D eigenvalue weighted by atomic mass is 9.73. The molecule has 1 fully saturated rings. The van der Waals surface area contributed by atoms with Gasteiger partial charge in [-0.1, -0.05) is 13.8 Å². The number of esters is 1. The number of hydrogen-bond donors (Lipinski definition) is 1. The fourth-order valence-corrected chi connectivity index (χ4v) is 2.56. The van der Waals surface area contributed by atoms with Crippen molar-refractivity contribution < 1.29 is 19.4 Å². The number of Topliss-reactive ketones (excluding diaryl/α,β-unsaturated/α-hetero) is 1. The van der Waals surface area contributed by atoms with Gasteiger partial charge in [0.25, 0.3) is 0 Å². The predicted octanol–water partition coefficient (Wildman–Crippen LogP) is 3.38. The van der Waals surface area contributed by atoms with Gasteiger partial charge < -0.3 is 9.84 Å². The van der Waals surface area contributed by atoms with E-state index in [0.717, 1.165) is 0 Å². The Morgan fingerprint density at radius 3 is 2.36 bits per heavy atom. The summed E-state index contributed by atoms with van der Waals surface area (Å²) in [7, 11) is 1.30. The lowest BCUT2D eigenvalue weighted by molar-refractivity contribution is -0.140. The van der Waals surface area contributed by atoms with Crippen LogP contribution in [0.2, 0.25) is 0 Å². The number of allylic oxidation sites excluding steroid dienone is 2. The largest absolute Gasteiger partial charge is 0.511 e. The average molecular weight is 309 g/mol. The summed E-state index contributed by atoms with van der Waals surface area (Å²) in [5.41, 5.74) is 0.416. The van der Waals surface area contributed by atoms with Crippen molar-refractivity contribution in [3.05, 3.63) is 11.3 Å². The highest BCUT2D eigenvalue weighted by atomic mass is 16.5. The van der Waals surface area contributed by atoms with E-state index in [2.05, 4.69) is 9.73 Å². The number of aliphatic hydroxyl groups is 1. The van der Waals surface area contributed by atoms with Crippen LogP contribution in [0.25, 0.3) is 0 Å². The van der Waals surface area contributed by atoms with Gasteiger partial charge in [0.05, 0.1) is 30.4 Å². The number of carbonyl (C=O) groups excluding carboxylic acids is 2. The summed E-state index contributed by atoms with van der Waals surface area (Å²) < 4.78 is 4.57. The first kappa shape index (κ1) is 18.4. The highest BCUT2D eigenvalue weighted by molar-refractivity contribution is 6.24. The van der Waals surface area contributed by atoms with Gasteiger partial charge in [0.15, 0.2) is 5.78 Å². The van der Waals surface area contributed by atoms with Crippen molar-refractivity contribution in [2.75, 3.05) is 7.11 Å². The smallest absolute Gasteiger partial charge is 0.305 e. The van der Waals surface area contributed by atoms with Crippen LogP contribution in [0.4, 0.5) is 0 Å². The van der Waals surface area contributed by atoms with Gasteiger partial charge in [-0.15, -0.1) is 0 Å². The molecule has 5 heteroatoms. The van der Waals surface area contributed by atoms with Gasteiger partial charge in [0.1, 0.15) is 5.76 Å². The molecule has 1 aliphatic carbocycles. The summed E-state index contributed by atoms with van der Waals surface area (Å²) >= 11 is 0. The van der Waals surface area contributed by atoms with Crippen LogP contribution in [0.5, 0.6) is 0 Å². The van der Waals surface area contributed by atoms with Crippen molar-refractivity contribution in [2.24, 2.45) is 10.4 Å². The van der Waals surface area contributed by atoms with Crippen molar-refractivity contribution in [1.29, 1.82) is 0 Å². The van der Waals surface area contributed by atoms with E-state index in [0.29, 0.717) is 18.6 Å². The highest BCUT2D eigenvalue weighted by Gasteiger charge is 2.36. The standard InChI is InChI=1S/C17H27NO4/c1-16(2,3)18-11-9-17(4,5)10-13(20)15(11)12(19)7-8-14(21)22-6/h19H,7-10H2,1-6H3/b15-12+,18-11?. The summed E-state index contributed by atoms with van der Waals surface area (Å²) in [5, 5.41) is 10.3. The maximum absolute atomic E-state index is 12.4. The number of ether oxygens (including phenoxy) is 1. The van der Waals surface area contributed by atoms with Crippen LogP contribution in [0, 0.1) is 5.41 Å². The minimum Gasteiger partial charge on any atom is -0.511 e. The Bertz CT molecular complexity index is 521. The molecule has 22 heavy (non-hydrogen) atoms. The molecule has 0 aromatic rings. The van der Waals surface area contributed by atoms with Crippen LogP contribution < -0.4 is 0 Å². The second-order valence-electron chi connectivity index (χ2n) is 7.57. The quantitative estimate of drug-likeness (QED) is 0.492. The maximum atomic E-state index is 12.4. The molecule has 0 atom stereocenters. The van der Waals surface area contributed by atoms with E-state index in [-0.39, 0.29) is 40.9 Å². The molecule has 1 saturated carbocycles. The zero-order chi connectivity index (χ0) is 17.1. The fourth-order valence-electron chi connectivity index (χ4n) is 2.56. The SMILES string of the molecule is COC(=O)CC/C(O)=C1\C(=O)CC(C)(C)CC1=NC(C)(C)C. The first-order valence-corrected chi connectivity index (χ1v) is 7.56. The normalized spacial score (nSPS) is 22.6. The van der Waals surface area contributed by atoms with Gasteiger partial charge in [-0.2, -0.15) is 0 Å². The number of methoxy groups -OCH3 is 1. The molecule has 0 spiro atoms. The van der Waals surface area contributed by atoms with E-state index in [9.17, 15) is 14.7 Å². The summed E-state index contributed by atoms with van der Waals surface area (Å²) in [4.78, 5) is 28.3. The van der Waals surface area contributed by atoms with E-state index in [1.807, 2.05) is 34.6 Å². The molecule has 0 aliphatic heterocycles. The Morgan fingerprint density at radius 1 is 1.27 bits per heavy atom. The second-order valence-corrected chi connectivity index (χ2v) is 7.57. The third-order valence-electron chi connectivity index (χ3n) is 3.41. The second kappa shape index (κ2) is 6.63. The Balaban J connectivity index is 3.18. The summed E-state index contributed by atoms with van der Waals surface area (Å²) in [6, 6.07) is 0. The zero-order valence-corrected chi connectivity index (χ0v) is 14.4. The van der Waals surface area contributed by atoms with Crippen LogP contribution >= 0.6 is 0 Å². The maximum Gasteiger partial charge on any atom is 0.305 e. The molecule has 0 unspecified atom stereocenters. The van der Waals surface area contributed by atoms with Gasteiger partial charge in [0.2, 0.25) is 0 Å². The van der Waals surface area contributed by atoms with Gasteiger partial charge >= 0.3 is 5.97 Å².